The molecule has 0 aromatic heterocycles. The largest absolute Gasteiger partial charge is 0.368 e. The lowest BCUT2D eigenvalue weighted by molar-refractivity contribution is -0.112. The molecule has 0 aromatic carbocycles. The molecule has 0 aromatic rings. The van der Waals surface area contributed by atoms with Gasteiger partial charge in [0.05, 0.1) is 23.2 Å². The van der Waals surface area contributed by atoms with Crippen molar-refractivity contribution in [1.82, 2.24) is 4.31 Å². The molecule has 0 radical (unpaired) electrons. The SMILES string of the molecule is CC1(C)CN(S(=O)(=O)CCS(C)(=O)=O)CC(CN)O1. The maximum atomic E-state index is 12.1. The third kappa shape index (κ3) is 5.35. The van der Waals surface area contributed by atoms with Crippen LogP contribution >= 0.6 is 0 Å². The van der Waals surface area contributed by atoms with Crippen molar-refractivity contribution in [2.45, 2.75) is 25.6 Å². The smallest absolute Gasteiger partial charge is 0.215 e. The third-order valence-corrected chi connectivity index (χ3v) is 5.81. The van der Waals surface area contributed by atoms with Gasteiger partial charge in [0.1, 0.15) is 9.84 Å². The van der Waals surface area contributed by atoms with Gasteiger partial charge in [-0.3, -0.25) is 0 Å². The van der Waals surface area contributed by atoms with E-state index in [2.05, 4.69) is 0 Å². The molecule has 9 heteroatoms. The van der Waals surface area contributed by atoms with Gasteiger partial charge < -0.3 is 10.5 Å². The van der Waals surface area contributed by atoms with Gasteiger partial charge in [-0.15, -0.1) is 0 Å². The predicted octanol–water partition coefficient (Wildman–Crippen LogP) is -1.20. The molecule has 0 amide bonds. The van der Waals surface area contributed by atoms with Crippen molar-refractivity contribution in [2.75, 3.05) is 37.4 Å². The van der Waals surface area contributed by atoms with Crippen LogP contribution < -0.4 is 5.73 Å². The van der Waals surface area contributed by atoms with Gasteiger partial charge in [-0.1, -0.05) is 0 Å². The summed E-state index contributed by atoms with van der Waals surface area (Å²) in [5.74, 6) is -0.778. The molecule has 19 heavy (non-hydrogen) atoms. The van der Waals surface area contributed by atoms with Crippen LogP contribution in [0.1, 0.15) is 13.8 Å². The fraction of sp³-hybridized carbons (Fsp3) is 1.00. The van der Waals surface area contributed by atoms with Gasteiger partial charge in [-0.2, -0.15) is 4.31 Å². The molecule has 114 valence electrons. The summed E-state index contributed by atoms with van der Waals surface area (Å²) in [7, 11) is -6.92. The first kappa shape index (κ1) is 16.8. The van der Waals surface area contributed by atoms with Crippen molar-refractivity contribution in [3.05, 3.63) is 0 Å². The van der Waals surface area contributed by atoms with Crippen LogP contribution in [0, 0.1) is 0 Å². The lowest BCUT2D eigenvalue weighted by atomic mass is 10.1. The molecule has 1 saturated heterocycles. The Labute approximate surface area is 115 Å². The third-order valence-electron chi connectivity index (χ3n) is 2.82. The quantitative estimate of drug-likeness (QED) is 0.683. The first-order valence-corrected chi connectivity index (χ1v) is 9.66. The molecular weight excluding hydrogens is 292 g/mol. The fourth-order valence-corrected chi connectivity index (χ4v) is 5.18. The van der Waals surface area contributed by atoms with Crippen LogP contribution in [0.4, 0.5) is 0 Å². The minimum atomic E-state index is -3.61. The summed E-state index contributed by atoms with van der Waals surface area (Å²) < 4.78 is 53.4. The monoisotopic (exact) mass is 314 g/mol. The first-order valence-electron chi connectivity index (χ1n) is 5.99. The molecule has 1 fully saturated rings. The summed E-state index contributed by atoms with van der Waals surface area (Å²) in [5.41, 5.74) is 4.91. The number of sulfone groups is 1. The molecule has 1 heterocycles. The highest BCUT2D eigenvalue weighted by Gasteiger charge is 2.38. The van der Waals surface area contributed by atoms with E-state index in [9.17, 15) is 16.8 Å². The first-order chi connectivity index (χ1) is 8.45. The average Bonchev–Trinajstić information content (AvgIpc) is 2.23. The maximum absolute atomic E-state index is 12.1. The van der Waals surface area contributed by atoms with Crippen LogP contribution in [-0.4, -0.2) is 70.2 Å². The summed E-state index contributed by atoms with van der Waals surface area (Å²) in [6, 6.07) is 0. The summed E-state index contributed by atoms with van der Waals surface area (Å²) in [6.07, 6.45) is 0.658. The predicted molar refractivity (Wildman–Crippen MR) is 73.1 cm³/mol. The van der Waals surface area contributed by atoms with Crippen LogP contribution in [0.25, 0.3) is 0 Å². The van der Waals surface area contributed by atoms with Gasteiger partial charge in [0.15, 0.2) is 0 Å². The van der Waals surface area contributed by atoms with E-state index in [1.807, 2.05) is 0 Å². The van der Waals surface area contributed by atoms with Crippen molar-refractivity contribution in [1.29, 1.82) is 0 Å². The van der Waals surface area contributed by atoms with Crippen LogP contribution in [-0.2, 0) is 24.6 Å². The number of nitrogens with zero attached hydrogens (tertiary/aromatic N) is 1. The van der Waals surface area contributed by atoms with Gasteiger partial charge >= 0.3 is 0 Å². The number of sulfonamides is 1. The second-order valence-electron chi connectivity index (χ2n) is 5.47. The van der Waals surface area contributed by atoms with Gasteiger partial charge in [-0.25, -0.2) is 16.8 Å². The number of hydrogen-bond donors (Lipinski definition) is 1. The molecule has 1 rings (SSSR count). The molecule has 7 nitrogen and oxygen atoms in total. The molecule has 1 unspecified atom stereocenters. The Bertz CT molecular complexity index is 512. The van der Waals surface area contributed by atoms with E-state index in [4.69, 9.17) is 10.5 Å². The summed E-state index contributed by atoms with van der Waals surface area (Å²) in [4.78, 5) is 0. The summed E-state index contributed by atoms with van der Waals surface area (Å²) in [5, 5.41) is 0. The van der Waals surface area contributed by atoms with E-state index < -0.39 is 31.2 Å². The number of rotatable bonds is 5. The Hall–Kier alpha value is -0.220. The highest BCUT2D eigenvalue weighted by atomic mass is 32.2. The minimum Gasteiger partial charge on any atom is -0.368 e. The van der Waals surface area contributed by atoms with Crippen LogP contribution in [0.5, 0.6) is 0 Å². The topological polar surface area (TPSA) is 107 Å². The van der Waals surface area contributed by atoms with E-state index in [1.54, 1.807) is 13.8 Å². The number of ether oxygens (including phenoxy) is 1. The number of nitrogens with two attached hydrogens (primary N) is 1. The van der Waals surface area contributed by atoms with Crippen LogP contribution in [0.15, 0.2) is 0 Å². The molecule has 0 bridgehead atoms. The second kappa shape index (κ2) is 5.65. The molecule has 0 aliphatic carbocycles. The van der Waals surface area contributed by atoms with E-state index in [1.165, 1.54) is 4.31 Å². The van der Waals surface area contributed by atoms with Gasteiger partial charge in [0.25, 0.3) is 0 Å². The molecule has 0 spiro atoms. The van der Waals surface area contributed by atoms with Gasteiger partial charge in [0.2, 0.25) is 10.0 Å². The van der Waals surface area contributed by atoms with Crippen molar-refractivity contribution >= 4 is 19.9 Å². The Kier molecular flexibility index (Phi) is 5.00. The second-order valence-corrected chi connectivity index (χ2v) is 9.82. The van der Waals surface area contributed by atoms with E-state index in [-0.39, 0.29) is 31.5 Å². The molecule has 1 aliphatic rings. The average molecular weight is 314 g/mol. The van der Waals surface area contributed by atoms with Crippen molar-refractivity contribution in [3.63, 3.8) is 0 Å². The normalized spacial score (nSPS) is 25.4. The van der Waals surface area contributed by atoms with Crippen molar-refractivity contribution in [2.24, 2.45) is 5.73 Å². The standard InChI is InChI=1S/C10H22N2O5S2/c1-10(2)8-12(7-9(6-11)17-10)19(15,16)5-4-18(3,13)14/h9H,4-8,11H2,1-3H3. The highest BCUT2D eigenvalue weighted by Crippen LogP contribution is 2.23. The molecule has 1 aliphatic heterocycles. The zero-order chi connectivity index (χ0) is 14.9. The van der Waals surface area contributed by atoms with Crippen molar-refractivity contribution in [3.8, 4) is 0 Å². The molecule has 2 N–H and O–H groups in total. The minimum absolute atomic E-state index is 0.173. The lowest BCUT2D eigenvalue weighted by Gasteiger charge is -2.41. The Balaban J connectivity index is 2.82. The molecule has 0 saturated carbocycles. The van der Waals surface area contributed by atoms with E-state index in [0.29, 0.717) is 0 Å². The van der Waals surface area contributed by atoms with Crippen LogP contribution in [0.3, 0.4) is 0 Å². The van der Waals surface area contributed by atoms with Gasteiger partial charge in [0, 0.05) is 25.9 Å². The summed E-state index contributed by atoms with van der Waals surface area (Å²) >= 11 is 0. The van der Waals surface area contributed by atoms with Crippen LogP contribution in [0.2, 0.25) is 0 Å². The summed E-state index contributed by atoms with van der Waals surface area (Å²) in [6.45, 7) is 4.17. The molecule has 1 atom stereocenters. The van der Waals surface area contributed by atoms with Gasteiger partial charge in [-0.05, 0) is 13.8 Å². The fourth-order valence-electron chi connectivity index (χ4n) is 1.96. The van der Waals surface area contributed by atoms with Crippen molar-refractivity contribution < 1.29 is 21.6 Å². The lowest BCUT2D eigenvalue weighted by Crippen LogP contribution is -2.56. The number of hydrogen-bond acceptors (Lipinski definition) is 6. The Morgan fingerprint density at radius 2 is 1.84 bits per heavy atom. The van der Waals surface area contributed by atoms with E-state index in [0.717, 1.165) is 6.26 Å². The zero-order valence-corrected chi connectivity index (χ0v) is 13.1. The number of morpholine rings is 1. The maximum Gasteiger partial charge on any atom is 0.215 e. The Morgan fingerprint density at radius 1 is 1.26 bits per heavy atom. The molecular formula is C10H22N2O5S2. The highest BCUT2D eigenvalue weighted by molar-refractivity contribution is 7.93. The zero-order valence-electron chi connectivity index (χ0n) is 11.5. The Morgan fingerprint density at radius 3 is 2.32 bits per heavy atom. The van der Waals surface area contributed by atoms with E-state index >= 15 is 0 Å².